The summed E-state index contributed by atoms with van der Waals surface area (Å²) in [5, 5.41) is 8.57. The van der Waals surface area contributed by atoms with Crippen molar-refractivity contribution in [1.29, 1.82) is 0 Å². The van der Waals surface area contributed by atoms with E-state index in [0.717, 1.165) is 46.5 Å². The maximum Gasteiger partial charge on any atom is 0.411 e. The average molecular weight is 761 g/mol. The van der Waals surface area contributed by atoms with Crippen molar-refractivity contribution in [1.82, 2.24) is 20.2 Å². The van der Waals surface area contributed by atoms with Crippen molar-refractivity contribution in [3.05, 3.63) is 162 Å². The summed E-state index contributed by atoms with van der Waals surface area (Å²) in [4.78, 5) is 63.1. The van der Waals surface area contributed by atoms with Gasteiger partial charge in [0.25, 0.3) is 5.91 Å². The summed E-state index contributed by atoms with van der Waals surface area (Å²) >= 11 is 0. The minimum absolute atomic E-state index is 0.00734. The molecule has 5 aromatic carbocycles. The van der Waals surface area contributed by atoms with Crippen LogP contribution in [0.15, 0.2) is 140 Å². The van der Waals surface area contributed by atoms with E-state index in [1.165, 1.54) is 0 Å². The fraction of sp³-hybridized carbons (Fsp3) is 0.196. The van der Waals surface area contributed by atoms with Crippen molar-refractivity contribution >= 4 is 35.2 Å². The topological polar surface area (TPSA) is 146 Å². The monoisotopic (exact) mass is 760 g/mol. The Hall–Kier alpha value is -7.01. The molecule has 1 fully saturated rings. The maximum atomic E-state index is 14.5. The highest BCUT2D eigenvalue weighted by Gasteiger charge is 2.37. The first-order valence-corrected chi connectivity index (χ1v) is 19.1. The number of carbonyl (C=O) groups is 4. The summed E-state index contributed by atoms with van der Waals surface area (Å²) in [5.41, 5.74) is 6.51. The van der Waals surface area contributed by atoms with Crippen LogP contribution in [0, 0.1) is 0 Å². The third-order valence-corrected chi connectivity index (χ3v) is 9.90. The SMILES string of the molecule is CCCC(=O)Nc1ccc(-c2ccc(-c3cnc([C@@H]4CCCN4C(=O)[C@H](NC(=O)c4ccccc4NC(=O)OCc4ccccc4)c4ccccc4)[nH]3)cc2)cc1. The zero-order valence-electron chi connectivity index (χ0n) is 31.6. The molecule has 6 aromatic rings. The Labute approximate surface area is 331 Å². The number of aromatic amines is 1. The number of anilines is 2. The lowest BCUT2D eigenvalue weighted by Gasteiger charge is -2.29. The van der Waals surface area contributed by atoms with Crippen LogP contribution in [-0.4, -0.2) is 45.2 Å². The van der Waals surface area contributed by atoms with Gasteiger partial charge in [-0.1, -0.05) is 116 Å². The molecule has 1 aliphatic heterocycles. The Morgan fingerprint density at radius 2 is 1.44 bits per heavy atom. The molecule has 0 bridgehead atoms. The summed E-state index contributed by atoms with van der Waals surface area (Å²) in [6, 6.07) is 39.7. The fourth-order valence-corrected chi connectivity index (χ4v) is 6.97. The number of imidazole rings is 1. The number of hydrogen-bond acceptors (Lipinski definition) is 6. The third-order valence-electron chi connectivity index (χ3n) is 9.90. The molecule has 0 aliphatic carbocycles. The van der Waals surface area contributed by atoms with Gasteiger partial charge in [-0.3, -0.25) is 19.7 Å². The molecule has 11 nitrogen and oxygen atoms in total. The molecule has 288 valence electrons. The van der Waals surface area contributed by atoms with Crippen molar-refractivity contribution in [3.8, 4) is 22.4 Å². The van der Waals surface area contributed by atoms with Crippen molar-refractivity contribution in [2.75, 3.05) is 17.2 Å². The molecule has 1 saturated heterocycles. The first-order valence-electron chi connectivity index (χ1n) is 19.1. The second-order valence-corrected chi connectivity index (χ2v) is 13.9. The van der Waals surface area contributed by atoms with Crippen LogP contribution in [0.25, 0.3) is 22.4 Å². The van der Waals surface area contributed by atoms with E-state index in [-0.39, 0.29) is 35.7 Å². The largest absolute Gasteiger partial charge is 0.444 e. The Balaban J connectivity index is 1.04. The molecule has 0 spiro atoms. The van der Waals surface area contributed by atoms with Gasteiger partial charge >= 0.3 is 6.09 Å². The molecule has 2 atom stereocenters. The lowest BCUT2D eigenvalue weighted by molar-refractivity contribution is -0.134. The third kappa shape index (κ3) is 9.45. The van der Waals surface area contributed by atoms with Gasteiger partial charge in [-0.15, -0.1) is 0 Å². The molecular formula is C46H44N6O5. The minimum Gasteiger partial charge on any atom is -0.444 e. The highest BCUT2D eigenvalue weighted by molar-refractivity contribution is 6.04. The number of likely N-dealkylation sites (tertiary alicyclic amines) is 1. The Kier molecular flexibility index (Phi) is 12.1. The van der Waals surface area contributed by atoms with Crippen LogP contribution in [0.1, 0.15) is 72.0 Å². The van der Waals surface area contributed by atoms with Gasteiger partial charge in [0.1, 0.15) is 18.5 Å². The fourth-order valence-electron chi connectivity index (χ4n) is 6.97. The highest BCUT2D eigenvalue weighted by Crippen LogP contribution is 2.35. The van der Waals surface area contributed by atoms with Crippen molar-refractivity contribution in [2.45, 2.75) is 51.3 Å². The van der Waals surface area contributed by atoms with E-state index in [9.17, 15) is 19.2 Å². The number of nitrogens with zero attached hydrogens (tertiary/aromatic N) is 2. The van der Waals surface area contributed by atoms with Gasteiger partial charge in [0.05, 0.1) is 29.2 Å². The molecular weight excluding hydrogens is 717 g/mol. The summed E-state index contributed by atoms with van der Waals surface area (Å²) in [7, 11) is 0. The Morgan fingerprint density at radius 1 is 0.789 bits per heavy atom. The predicted molar refractivity (Wildman–Crippen MR) is 220 cm³/mol. The number of ether oxygens (including phenoxy) is 1. The number of rotatable bonds is 13. The van der Waals surface area contributed by atoms with Gasteiger partial charge in [-0.2, -0.15) is 0 Å². The average Bonchev–Trinajstić information content (AvgIpc) is 3.94. The Bertz CT molecular complexity index is 2310. The lowest BCUT2D eigenvalue weighted by Crippen LogP contribution is -2.43. The van der Waals surface area contributed by atoms with Gasteiger partial charge < -0.3 is 25.3 Å². The molecule has 0 radical (unpaired) electrons. The zero-order valence-corrected chi connectivity index (χ0v) is 31.6. The number of amides is 4. The molecule has 4 amide bonds. The number of para-hydroxylation sites is 1. The molecule has 1 aromatic heterocycles. The normalized spacial score (nSPS) is 14.1. The van der Waals surface area contributed by atoms with Crippen LogP contribution in [-0.2, 0) is 20.9 Å². The van der Waals surface area contributed by atoms with Gasteiger partial charge in [0, 0.05) is 18.7 Å². The van der Waals surface area contributed by atoms with Crippen LogP contribution in [0.5, 0.6) is 0 Å². The van der Waals surface area contributed by atoms with Crippen molar-refractivity contribution in [3.63, 3.8) is 0 Å². The molecule has 2 heterocycles. The molecule has 7 rings (SSSR count). The number of hydrogen-bond donors (Lipinski definition) is 4. The highest BCUT2D eigenvalue weighted by atomic mass is 16.5. The van der Waals surface area contributed by atoms with Gasteiger partial charge in [-0.05, 0) is 71.3 Å². The summed E-state index contributed by atoms with van der Waals surface area (Å²) < 4.78 is 5.39. The van der Waals surface area contributed by atoms with Crippen LogP contribution in [0.3, 0.4) is 0 Å². The van der Waals surface area contributed by atoms with Crippen LogP contribution in [0.2, 0.25) is 0 Å². The number of H-pyrrole nitrogens is 1. The van der Waals surface area contributed by atoms with Crippen LogP contribution >= 0.6 is 0 Å². The molecule has 1 aliphatic rings. The number of aromatic nitrogens is 2. The van der Waals surface area contributed by atoms with Gasteiger partial charge in [-0.25, -0.2) is 9.78 Å². The molecule has 0 saturated carbocycles. The zero-order chi connectivity index (χ0) is 39.6. The second kappa shape index (κ2) is 18.1. The molecule has 57 heavy (non-hydrogen) atoms. The number of carbonyl (C=O) groups excluding carboxylic acids is 4. The lowest BCUT2D eigenvalue weighted by atomic mass is 10.0. The first kappa shape index (κ1) is 38.3. The smallest absolute Gasteiger partial charge is 0.411 e. The van der Waals surface area contributed by atoms with E-state index in [1.807, 2.05) is 116 Å². The van der Waals surface area contributed by atoms with Crippen LogP contribution in [0.4, 0.5) is 16.2 Å². The maximum absolute atomic E-state index is 14.5. The summed E-state index contributed by atoms with van der Waals surface area (Å²) in [6.45, 7) is 2.55. The minimum atomic E-state index is -0.999. The van der Waals surface area contributed by atoms with Crippen LogP contribution < -0.4 is 16.0 Å². The standard InChI is InChI=1S/C46H44N6O5/c1-2-12-41(53)48-36-26-24-33(25-27-36)32-20-22-34(23-21-32)39-29-47-43(49-39)40-19-11-28-52(40)45(55)42(35-15-7-4-8-16-35)51-44(54)37-17-9-10-18-38(37)50-46(56)57-30-31-13-5-3-6-14-31/h3-10,13-18,20-27,29,40,42H,2,11-12,19,28,30H2,1H3,(H,47,49)(H,48,53)(H,50,56)(H,51,54)/t40-,42+/m0/s1. The van der Waals surface area contributed by atoms with E-state index in [1.54, 1.807) is 35.4 Å². The summed E-state index contributed by atoms with van der Waals surface area (Å²) in [6.07, 6.45) is 3.85. The molecule has 0 unspecified atom stereocenters. The van der Waals surface area contributed by atoms with Gasteiger partial charge in [0.15, 0.2) is 0 Å². The van der Waals surface area contributed by atoms with E-state index >= 15 is 0 Å². The van der Waals surface area contributed by atoms with Crippen molar-refractivity contribution < 1.29 is 23.9 Å². The Morgan fingerprint density at radius 3 is 2.16 bits per heavy atom. The van der Waals surface area contributed by atoms with E-state index in [0.29, 0.717) is 30.8 Å². The van der Waals surface area contributed by atoms with E-state index in [2.05, 4.69) is 20.9 Å². The van der Waals surface area contributed by atoms with Crippen molar-refractivity contribution in [2.24, 2.45) is 0 Å². The van der Waals surface area contributed by atoms with Gasteiger partial charge in [0.2, 0.25) is 11.8 Å². The first-order chi connectivity index (χ1) is 27.9. The predicted octanol–water partition coefficient (Wildman–Crippen LogP) is 9.07. The quantitative estimate of drug-likeness (QED) is 0.0925. The number of benzene rings is 5. The van der Waals surface area contributed by atoms with E-state index < -0.39 is 18.0 Å². The second-order valence-electron chi connectivity index (χ2n) is 13.9. The molecule has 4 N–H and O–H groups in total. The summed E-state index contributed by atoms with van der Waals surface area (Å²) in [5.74, 6) is -0.108. The number of nitrogens with one attached hydrogen (secondary N) is 4. The molecule has 11 heteroatoms. The van der Waals surface area contributed by atoms with E-state index in [4.69, 9.17) is 9.72 Å².